The molecule has 2 rings (SSSR count). The molecular weight excluding hydrogens is 250 g/mol. The van der Waals surface area contributed by atoms with Gasteiger partial charge in [-0.3, -0.25) is 14.8 Å². The zero-order chi connectivity index (χ0) is 13.8. The molecule has 4 N–H and O–H groups in total. The van der Waals surface area contributed by atoms with Crippen LogP contribution in [0, 0.1) is 0 Å². The second-order valence-corrected chi connectivity index (χ2v) is 3.57. The second-order valence-electron chi connectivity index (χ2n) is 3.57. The van der Waals surface area contributed by atoms with Gasteiger partial charge in [-0.1, -0.05) is 6.07 Å². The Bertz CT molecular complexity index is 732. The lowest BCUT2D eigenvalue weighted by Gasteiger charge is -1.99. The van der Waals surface area contributed by atoms with Crippen LogP contribution < -0.4 is 21.7 Å². The van der Waals surface area contributed by atoms with Gasteiger partial charge in [-0.15, -0.1) is 5.11 Å². The molecule has 0 aliphatic carbocycles. The Labute approximate surface area is 107 Å². The van der Waals surface area contributed by atoms with Crippen LogP contribution in [0.25, 0.3) is 0 Å². The maximum absolute atomic E-state index is 11.5. The first-order valence-electron chi connectivity index (χ1n) is 5.28. The van der Waals surface area contributed by atoms with Gasteiger partial charge in [0.15, 0.2) is 5.69 Å². The molecule has 98 valence electrons. The van der Waals surface area contributed by atoms with Crippen LogP contribution in [-0.4, -0.2) is 17.1 Å². The lowest BCUT2D eigenvalue weighted by atomic mass is 10.3. The van der Waals surface area contributed by atoms with Crippen LogP contribution in [0.1, 0.15) is 0 Å². The zero-order valence-corrected chi connectivity index (χ0v) is 10.0. The van der Waals surface area contributed by atoms with Gasteiger partial charge in [-0.05, 0) is 12.1 Å². The molecule has 0 aliphatic heterocycles. The van der Waals surface area contributed by atoms with Gasteiger partial charge in [0.05, 0.1) is 12.8 Å². The third-order valence-electron chi connectivity index (χ3n) is 2.26. The predicted octanol–water partition coefficient (Wildman–Crippen LogP) is 1.07. The largest absolute Gasteiger partial charge is 0.497 e. The quantitative estimate of drug-likeness (QED) is 0.714. The van der Waals surface area contributed by atoms with E-state index in [2.05, 4.69) is 15.2 Å². The molecule has 0 amide bonds. The summed E-state index contributed by atoms with van der Waals surface area (Å²) in [4.78, 5) is 26.7. The van der Waals surface area contributed by atoms with E-state index >= 15 is 0 Å². The summed E-state index contributed by atoms with van der Waals surface area (Å²) in [5, 5.41) is 7.58. The van der Waals surface area contributed by atoms with E-state index < -0.39 is 11.2 Å². The highest BCUT2D eigenvalue weighted by Crippen LogP contribution is 2.22. The summed E-state index contributed by atoms with van der Waals surface area (Å²) in [6, 6.07) is 6.80. The van der Waals surface area contributed by atoms with Crippen LogP contribution in [0.3, 0.4) is 0 Å². The fourth-order valence-corrected chi connectivity index (χ4v) is 1.38. The maximum Gasteiger partial charge on any atom is 0.327 e. The minimum atomic E-state index is -0.701. The van der Waals surface area contributed by atoms with Crippen molar-refractivity contribution >= 4 is 17.2 Å². The molecule has 1 aromatic carbocycles. The molecule has 0 bridgehead atoms. The standard InChI is InChI=1S/C11H11N5O3/c1-19-7-4-2-3-6(5-7)15-16-8-9(12)13-11(18)14-10(8)17/h2-5H,1H3,(H4,12,13,14,17,18). The van der Waals surface area contributed by atoms with Gasteiger partial charge in [0.2, 0.25) is 0 Å². The number of nitrogens with one attached hydrogen (secondary N) is 2. The number of nitrogens with two attached hydrogens (primary N) is 1. The Kier molecular flexibility index (Phi) is 3.42. The van der Waals surface area contributed by atoms with Gasteiger partial charge in [-0.25, -0.2) is 4.79 Å². The summed E-state index contributed by atoms with van der Waals surface area (Å²) < 4.78 is 5.03. The molecule has 0 spiro atoms. The molecule has 1 aromatic heterocycles. The molecule has 0 fully saturated rings. The lowest BCUT2D eigenvalue weighted by Crippen LogP contribution is -2.23. The molecule has 0 saturated carbocycles. The van der Waals surface area contributed by atoms with Crippen molar-refractivity contribution < 1.29 is 4.74 Å². The van der Waals surface area contributed by atoms with Crippen molar-refractivity contribution in [3.05, 3.63) is 45.1 Å². The van der Waals surface area contributed by atoms with E-state index in [0.717, 1.165) is 0 Å². The summed E-state index contributed by atoms with van der Waals surface area (Å²) in [6.07, 6.45) is 0. The molecule has 8 nitrogen and oxygen atoms in total. The lowest BCUT2D eigenvalue weighted by molar-refractivity contribution is 0.415. The highest BCUT2D eigenvalue weighted by atomic mass is 16.5. The molecule has 19 heavy (non-hydrogen) atoms. The van der Waals surface area contributed by atoms with E-state index in [9.17, 15) is 9.59 Å². The summed E-state index contributed by atoms with van der Waals surface area (Å²) >= 11 is 0. The van der Waals surface area contributed by atoms with Gasteiger partial charge in [0.25, 0.3) is 5.56 Å². The number of benzene rings is 1. The molecule has 8 heteroatoms. The molecule has 0 aliphatic rings. The molecular formula is C11H11N5O3. The Morgan fingerprint density at radius 3 is 2.68 bits per heavy atom. The van der Waals surface area contributed by atoms with Crippen LogP contribution in [0.4, 0.5) is 17.2 Å². The van der Waals surface area contributed by atoms with Crippen LogP contribution in [0.2, 0.25) is 0 Å². The molecule has 0 saturated heterocycles. The van der Waals surface area contributed by atoms with Crippen LogP contribution in [0.5, 0.6) is 5.75 Å². The van der Waals surface area contributed by atoms with E-state index in [1.54, 1.807) is 24.3 Å². The van der Waals surface area contributed by atoms with Gasteiger partial charge in [0.1, 0.15) is 11.6 Å². The van der Waals surface area contributed by atoms with Gasteiger partial charge < -0.3 is 10.5 Å². The topological polar surface area (TPSA) is 126 Å². The third-order valence-corrected chi connectivity index (χ3v) is 2.26. The molecule has 0 atom stereocenters. The maximum atomic E-state index is 11.5. The Morgan fingerprint density at radius 1 is 1.21 bits per heavy atom. The number of hydrogen-bond donors (Lipinski definition) is 3. The van der Waals surface area contributed by atoms with Crippen molar-refractivity contribution in [3.63, 3.8) is 0 Å². The minimum Gasteiger partial charge on any atom is -0.497 e. The number of nitrogens with zero attached hydrogens (tertiary/aromatic N) is 2. The minimum absolute atomic E-state index is 0.139. The number of rotatable bonds is 3. The van der Waals surface area contributed by atoms with Gasteiger partial charge in [-0.2, -0.15) is 5.11 Å². The number of azo groups is 1. The van der Waals surface area contributed by atoms with E-state index in [-0.39, 0.29) is 11.5 Å². The third kappa shape index (κ3) is 2.86. The molecule has 2 aromatic rings. The van der Waals surface area contributed by atoms with Crippen LogP contribution in [-0.2, 0) is 0 Å². The van der Waals surface area contributed by atoms with Crippen molar-refractivity contribution in [1.29, 1.82) is 0 Å². The average molecular weight is 261 g/mol. The first-order valence-corrected chi connectivity index (χ1v) is 5.28. The van der Waals surface area contributed by atoms with Crippen LogP contribution in [0.15, 0.2) is 44.1 Å². The summed E-state index contributed by atoms with van der Waals surface area (Å²) in [5.74, 6) is 0.472. The van der Waals surface area contributed by atoms with Crippen molar-refractivity contribution in [2.45, 2.75) is 0 Å². The van der Waals surface area contributed by atoms with E-state index in [4.69, 9.17) is 10.5 Å². The highest BCUT2D eigenvalue weighted by molar-refractivity contribution is 5.54. The molecule has 0 radical (unpaired) electrons. The number of hydrogen-bond acceptors (Lipinski definition) is 6. The summed E-state index contributed by atoms with van der Waals surface area (Å²) in [5.41, 5.74) is 4.44. The van der Waals surface area contributed by atoms with Crippen molar-refractivity contribution in [2.75, 3.05) is 12.8 Å². The predicted molar refractivity (Wildman–Crippen MR) is 69.3 cm³/mol. The number of methoxy groups -OCH3 is 1. The fourth-order valence-electron chi connectivity index (χ4n) is 1.38. The SMILES string of the molecule is COc1cccc(N=Nc2c(N)[nH]c(=O)[nH]c2=O)c1. The number of aromatic amines is 2. The Morgan fingerprint density at radius 2 is 2.00 bits per heavy atom. The summed E-state index contributed by atoms with van der Waals surface area (Å²) in [7, 11) is 1.53. The second kappa shape index (κ2) is 5.17. The molecule has 0 unspecified atom stereocenters. The van der Waals surface area contributed by atoms with Crippen LogP contribution >= 0.6 is 0 Å². The number of H-pyrrole nitrogens is 2. The van der Waals surface area contributed by atoms with Gasteiger partial charge >= 0.3 is 5.69 Å². The van der Waals surface area contributed by atoms with E-state index in [1.807, 2.05) is 4.98 Å². The average Bonchev–Trinajstić information content (AvgIpc) is 2.37. The number of ether oxygens (including phenoxy) is 1. The first kappa shape index (κ1) is 12.6. The number of nitrogen functional groups attached to an aromatic ring is 1. The first-order chi connectivity index (χ1) is 9.10. The van der Waals surface area contributed by atoms with E-state index in [0.29, 0.717) is 11.4 Å². The highest BCUT2D eigenvalue weighted by Gasteiger charge is 2.05. The summed E-state index contributed by atoms with van der Waals surface area (Å²) in [6.45, 7) is 0. The number of anilines is 1. The van der Waals surface area contributed by atoms with E-state index in [1.165, 1.54) is 7.11 Å². The zero-order valence-electron chi connectivity index (χ0n) is 10.0. The van der Waals surface area contributed by atoms with Crippen molar-refractivity contribution in [2.24, 2.45) is 10.2 Å². The van der Waals surface area contributed by atoms with Crippen molar-refractivity contribution in [1.82, 2.24) is 9.97 Å². The number of aromatic nitrogens is 2. The monoisotopic (exact) mass is 261 g/mol. The normalized spacial score (nSPS) is 10.8. The Balaban J connectivity index is 2.38. The Hall–Kier alpha value is -2.90. The van der Waals surface area contributed by atoms with Crippen molar-refractivity contribution in [3.8, 4) is 5.75 Å². The smallest absolute Gasteiger partial charge is 0.327 e. The molecule has 1 heterocycles. The van der Waals surface area contributed by atoms with Gasteiger partial charge in [0, 0.05) is 6.07 Å². The fraction of sp³-hybridized carbons (Fsp3) is 0.0909.